The van der Waals surface area contributed by atoms with Gasteiger partial charge in [-0.05, 0) is 45.3 Å². The Labute approximate surface area is 167 Å². The average Bonchev–Trinajstić information content (AvgIpc) is 2.66. The zero-order chi connectivity index (χ0) is 19.9. The van der Waals surface area contributed by atoms with Crippen LogP contribution in [0, 0.1) is 0 Å². The summed E-state index contributed by atoms with van der Waals surface area (Å²) < 4.78 is 0. The van der Waals surface area contributed by atoms with Crippen LogP contribution in [-0.4, -0.2) is 12.2 Å². The number of aromatic hydroxyl groups is 1. The van der Waals surface area contributed by atoms with Crippen LogP contribution in [0.5, 0.6) is 5.75 Å². The molecule has 0 bridgehead atoms. The van der Waals surface area contributed by atoms with E-state index in [0.29, 0.717) is 12.3 Å². The Kier molecular flexibility index (Phi) is 4.50. The molecule has 0 fully saturated rings. The van der Waals surface area contributed by atoms with Crippen molar-refractivity contribution in [2.45, 2.75) is 32.7 Å². The van der Waals surface area contributed by atoms with Gasteiger partial charge < -0.3 is 10.0 Å². The van der Waals surface area contributed by atoms with Gasteiger partial charge in [0, 0.05) is 30.2 Å². The van der Waals surface area contributed by atoms with Gasteiger partial charge in [-0.25, -0.2) is 0 Å². The second kappa shape index (κ2) is 6.87. The Morgan fingerprint density at radius 1 is 0.786 bits per heavy atom. The van der Waals surface area contributed by atoms with Gasteiger partial charge in [0.15, 0.2) is 0 Å². The van der Waals surface area contributed by atoms with Crippen molar-refractivity contribution in [3.8, 4) is 5.75 Å². The van der Waals surface area contributed by atoms with Gasteiger partial charge in [0.25, 0.3) is 0 Å². The van der Waals surface area contributed by atoms with E-state index in [2.05, 4.69) is 87.3 Å². The van der Waals surface area contributed by atoms with Gasteiger partial charge in [-0.1, -0.05) is 75.4 Å². The Balaban J connectivity index is 1.76. The van der Waals surface area contributed by atoms with E-state index >= 15 is 0 Å². The molecule has 0 unspecified atom stereocenters. The number of hydrogen-bond acceptors (Lipinski definition) is 2. The average molecular weight is 370 g/mol. The van der Waals surface area contributed by atoms with Crippen molar-refractivity contribution in [3.63, 3.8) is 0 Å². The molecule has 0 aromatic heterocycles. The number of nitrogens with zero attached hydrogens (tertiary/aromatic N) is 1. The van der Waals surface area contributed by atoms with Crippen LogP contribution in [0.1, 0.15) is 31.9 Å². The maximum Gasteiger partial charge on any atom is 0.124 e. The van der Waals surface area contributed by atoms with E-state index in [1.165, 1.54) is 27.2 Å². The van der Waals surface area contributed by atoms with Crippen LogP contribution in [-0.2, 0) is 12.0 Å². The van der Waals surface area contributed by atoms with Gasteiger partial charge in [-0.3, -0.25) is 0 Å². The molecule has 4 aromatic rings. The van der Waals surface area contributed by atoms with Crippen molar-refractivity contribution in [3.05, 3.63) is 83.9 Å². The summed E-state index contributed by atoms with van der Waals surface area (Å²) in [5.74, 6) is 0.410. The third-order valence-electron chi connectivity index (χ3n) is 5.47. The molecular formula is C26H27NO. The largest absolute Gasteiger partial charge is 0.507 e. The highest BCUT2D eigenvalue weighted by Gasteiger charge is 2.20. The fourth-order valence-electron chi connectivity index (χ4n) is 3.95. The maximum atomic E-state index is 10.8. The number of anilines is 1. The second-order valence-electron chi connectivity index (χ2n) is 8.62. The smallest absolute Gasteiger partial charge is 0.124 e. The zero-order valence-corrected chi connectivity index (χ0v) is 17.0. The van der Waals surface area contributed by atoms with Crippen LogP contribution in [0.2, 0.25) is 0 Å². The third kappa shape index (κ3) is 3.31. The highest BCUT2D eigenvalue weighted by Crippen LogP contribution is 2.35. The molecule has 2 nitrogen and oxygen atoms in total. The second-order valence-corrected chi connectivity index (χ2v) is 8.62. The van der Waals surface area contributed by atoms with Gasteiger partial charge in [0.2, 0.25) is 0 Å². The topological polar surface area (TPSA) is 23.5 Å². The molecule has 0 aliphatic rings. The lowest BCUT2D eigenvalue weighted by Crippen LogP contribution is -2.18. The van der Waals surface area contributed by atoms with Crippen molar-refractivity contribution in [2.24, 2.45) is 0 Å². The standard InChI is InChI=1S/C26H27NO/c1-26(2,3)23-13-7-12-21(25(23)28)17-27(4)24-14-8-11-20-15-18-9-5-6-10-19(18)16-22(20)24/h5-16,28H,17H2,1-4H3. The summed E-state index contributed by atoms with van der Waals surface area (Å²) in [6, 6.07) is 25.5. The summed E-state index contributed by atoms with van der Waals surface area (Å²) in [6.07, 6.45) is 0. The van der Waals surface area contributed by atoms with Crippen LogP contribution in [0.25, 0.3) is 21.5 Å². The number of fused-ring (bicyclic) bond motifs is 2. The SMILES string of the molecule is CN(Cc1cccc(C(C)(C)C)c1O)c1cccc2cc3ccccc3cc12. The number of phenolic OH excluding ortho intramolecular Hbond substituents is 1. The normalized spacial score (nSPS) is 11.9. The highest BCUT2D eigenvalue weighted by atomic mass is 16.3. The molecule has 0 atom stereocenters. The van der Waals surface area contributed by atoms with Crippen molar-refractivity contribution in [2.75, 3.05) is 11.9 Å². The Morgan fingerprint density at radius 3 is 2.14 bits per heavy atom. The van der Waals surface area contributed by atoms with Crippen molar-refractivity contribution in [1.82, 2.24) is 0 Å². The van der Waals surface area contributed by atoms with E-state index in [1.54, 1.807) is 0 Å². The molecule has 1 N–H and O–H groups in total. The Bertz CT molecular complexity index is 1150. The van der Waals surface area contributed by atoms with E-state index in [0.717, 1.165) is 11.1 Å². The first-order valence-electron chi connectivity index (χ1n) is 9.78. The van der Waals surface area contributed by atoms with Crippen LogP contribution in [0.15, 0.2) is 72.8 Å². The van der Waals surface area contributed by atoms with Crippen LogP contribution >= 0.6 is 0 Å². The molecule has 4 aromatic carbocycles. The monoisotopic (exact) mass is 369 g/mol. The summed E-state index contributed by atoms with van der Waals surface area (Å²) >= 11 is 0. The maximum absolute atomic E-state index is 10.8. The molecule has 0 aliphatic heterocycles. The van der Waals surface area contributed by atoms with Gasteiger partial charge in [-0.15, -0.1) is 0 Å². The first-order chi connectivity index (χ1) is 13.3. The molecular weight excluding hydrogens is 342 g/mol. The number of benzene rings is 4. The zero-order valence-electron chi connectivity index (χ0n) is 17.0. The number of phenols is 1. The van der Waals surface area contributed by atoms with Gasteiger partial charge >= 0.3 is 0 Å². The third-order valence-corrected chi connectivity index (χ3v) is 5.47. The van der Waals surface area contributed by atoms with E-state index < -0.39 is 0 Å². The Hall–Kier alpha value is -3.00. The van der Waals surface area contributed by atoms with Crippen LogP contribution < -0.4 is 4.90 Å². The van der Waals surface area contributed by atoms with Crippen LogP contribution in [0.3, 0.4) is 0 Å². The summed E-state index contributed by atoms with van der Waals surface area (Å²) in [5.41, 5.74) is 3.02. The quantitative estimate of drug-likeness (QED) is 0.410. The molecule has 0 radical (unpaired) electrons. The van der Waals surface area contributed by atoms with Gasteiger partial charge in [0.1, 0.15) is 5.75 Å². The van der Waals surface area contributed by atoms with Crippen molar-refractivity contribution < 1.29 is 5.11 Å². The number of hydrogen-bond donors (Lipinski definition) is 1. The minimum absolute atomic E-state index is 0.0863. The summed E-state index contributed by atoms with van der Waals surface area (Å²) in [4.78, 5) is 2.22. The molecule has 28 heavy (non-hydrogen) atoms. The van der Waals surface area contributed by atoms with Crippen molar-refractivity contribution in [1.29, 1.82) is 0 Å². The minimum Gasteiger partial charge on any atom is -0.507 e. The molecule has 2 heteroatoms. The number of rotatable bonds is 3. The van der Waals surface area contributed by atoms with E-state index in [4.69, 9.17) is 0 Å². The van der Waals surface area contributed by atoms with E-state index in [9.17, 15) is 5.11 Å². The fourth-order valence-corrected chi connectivity index (χ4v) is 3.95. The highest BCUT2D eigenvalue weighted by molar-refractivity contribution is 6.03. The van der Waals surface area contributed by atoms with Crippen molar-refractivity contribution >= 4 is 27.2 Å². The molecule has 0 spiro atoms. The number of para-hydroxylation sites is 1. The molecule has 0 heterocycles. The molecule has 0 saturated heterocycles. The molecule has 0 aliphatic carbocycles. The van der Waals surface area contributed by atoms with E-state index in [1.807, 2.05) is 18.2 Å². The minimum atomic E-state index is -0.0863. The predicted octanol–water partition coefficient (Wildman–Crippen LogP) is 6.63. The summed E-state index contributed by atoms with van der Waals surface area (Å²) in [6.45, 7) is 7.05. The summed E-state index contributed by atoms with van der Waals surface area (Å²) in [5, 5.41) is 15.8. The lowest BCUT2D eigenvalue weighted by atomic mass is 9.85. The first-order valence-corrected chi connectivity index (χ1v) is 9.78. The predicted molar refractivity (Wildman–Crippen MR) is 120 cm³/mol. The fraction of sp³-hybridized carbons (Fsp3) is 0.231. The van der Waals surface area contributed by atoms with Gasteiger partial charge in [-0.2, -0.15) is 0 Å². The Morgan fingerprint density at radius 2 is 1.43 bits per heavy atom. The molecule has 0 saturated carbocycles. The molecule has 0 amide bonds. The first kappa shape index (κ1) is 18.4. The van der Waals surface area contributed by atoms with Crippen LogP contribution in [0.4, 0.5) is 5.69 Å². The molecule has 4 rings (SSSR count). The lowest BCUT2D eigenvalue weighted by molar-refractivity contribution is 0.440. The van der Waals surface area contributed by atoms with Gasteiger partial charge in [0.05, 0.1) is 0 Å². The van der Waals surface area contributed by atoms with E-state index in [-0.39, 0.29) is 5.41 Å². The lowest BCUT2D eigenvalue weighted by Gasteiger charge is -2.25. The summed E-state index contributed by atoms with van der Waals surface area (Å²) in [7, 11) is 2.09. The molecule has 142 valence electrons.